The highest BCUT2D eigenvalue weighted by Crippen LogP contribution is 2.26. The van der Waals surface area contributed by atoms with Gasteiger partial charge in [0, 0.05) is 20.8 Å². The predicted octanol–water partition coefficient (Wildman–Crippen LogP) is -0.0665. The van der Waals surface area contributed by atoms with Crippen LogP contribution in [0.15, 0.2) is 4.79 Å². The lowest BCUT2D eigenvalue weighted by Crippen LogP contribution is -2.22. The van der Waals surface area contributed by atoms with E-state index in [-0.39, 0.29) is 23.2 Å². The summed E-state index contributed by atoms with van der Waals surface area (Å²) in [7, 11) is 2.52. The molecule has 10 heteroatoms. The summed E-state index contributed by atoms with van der Waals surface area (Å²) in [5, 5.41) is 15.8. The van der Waals surface area contributed by atoms with Gasteiger partial charge in [0.05, 0.1) is 0 Å². The predicted molar refractivity (Wildman–Crippen MR) is 85.6 cm³/mol. The molecule has 0 spiro atoms. The number of aliphatic hydroxyl groups excluding tert-OH is 2. The van der Waals surface area contributed by atoms with Crippen molar-refractivity contribution in [3.63, 3.8) is 0 Å². The van der Waals surface area contributed by atoms with E-state index in [9.17, 15) is 4.79 Å². The van der Waals surface area contributed by atoms with E-state index in [1.807, 2.05) is 0 Å². The third kappa shape index (κ3) is 3.91. The SMILES string of the molecule is CO.COC(CCCCO)n1c(=O)sc2c(N)nc(N)nc21. The number of methoxy groups -OCH3 is 1. The van der Waals surface area contributed by atoms with Crippen LogP contribution in [0.1, 0.15) is 25.5 Å². The van der Waals surface area contributed by atoms with Crippen molar-refractivity contribution in [3.8, 4) is 0 Å². The zero-order chi connectivity index (χ0) is 16.7. The van der Waals surface area contributed by atoms with Gasteiger partial charge in [-0.15, -0.1) is 0 Å². The third-order valence-electron chi connectivity index (χ3n) is 2.92. The first-order valence-electron chi connectivity index (χ1n) is 6.61. The van der Waals surface area contributed by atoms with Gasteiger partial charge < -0.3 is 26.4 Å². The summed E-state index contributed by atoms with van der Waals surface area (Å²) in [5.41, 5.74) is 11.7. The lowest BCUT2D eigenvalue weighted by Gasteiger charge is -2.16. The summed E-state index contributed by atoms with van der Waals surface area (Å²) >= 11 is 0.969. The molecule has 22 heavy (non-hydrogen) atoms. The Balaban J connectivity index is 0.00000116. The number of hydrogen-bond acceptors (Lipinski definition) is 9. The van der Waals surface area contributed by atoms with Gasteiger partial charge in [-0.1, -0.05) is 11.3 Å². The molecule has 0 bridgehead atoms. The molecule has 1 unspecified atom stereocenters. The largest absolute Gasteiger partial charge is 0.400 e. The van der Waals surface area contributed by atoms with E-state index in [2.05, 4.69) is 9.97 Å². The smallest absolute Gasteiger partial charge is 0.311 e. The molecule has 2 rings (SSSR count). The molecule has 0 amide bonds. The molecule has 0 fully saturated rings. The van der Waals surface area contributed by atoms with Crippen LogP contribution in [-0.2, 0) is 4.74 Å². The maximum atomic E-state index is 12.1. The normalized spacial score (nSPS) is 12.0. The van der Waals surface area contributed by atoms with Crippen LogP contribution in [0.4, 0.5) is 11.8 Å². The van der Waals surface area contributed by atoms with Gasteiger partial charge in [0.1, 0.15) is 16.7 Å². The minimum absolute atomic E-state index is 0.0201. The monoisotopic (exact) mass is 331 g/mol. The Morgan fingerprint density at radius 1 is 1.32 bits per heavy atom. The van der Waals surface area contributed by atoms with Gasteiger partial charge in [-0.25, -0.2) is 0 Å². The van der Waals surface area contributed by atoms with Gasteiger partial charge in [0.25, 0.3) is 0 Å². The molecule has 0 aliphatic heterocycles. The first-order chi connectivity index (χ1) is 10.6. The fourth-order valence-corrected chi connectivity index (χ4v) is 2.86. The van der Waals surface area contributed by atoms with E-state index in [4.69, 9.17) is 26.4 Å². The highest BCUT2D eigenvalue weighted by atomic mass is 32.1. The lowest BCUT2D eigenvalue weighted by molar-refractivity contribution is 0.0354. The zero-order valence-electron chi connectivity index (χ0n) is 12.5. The lowest BCUT2D eigenvalue weighted by atomic mass is 10.2. The Labute approximate surface area is 131 Å². The summed E-state index contributed by atoms with van der Waals surface area (Å²) in [4.78, 5) is 19.8. The van der Waals surface area contributed by atoms with Gasteiger partial charge >= 0.3 is 4.87 Å². The van der Waals surface area contributed by atoms with Crippen molar-refractivity contribution in [2.24, 2.45) is 0 Å². The van der Waals surface area contributed by atoms with Gasteiger partial charge in [0.15, 0.2) is 5.65 Å². The van der Waals surface area contributed by atoms with Crippen LogP contribution in [0.2, 0.25) is 0 Å². The number of fused-ring (bicyclic) bond motifs is 1. The number of ether oxygens (including phenoxy) is 1. The average Bonchev–Trinajstić information content (AvgIpc) is 2.83. The standard InChI is InChI=1S/C11H17N5O3S.CH4O/c1-19-6(4-2-3-5-17)16-9-7(20-11(16)18)8(12)14-10(13)15-9;1-2/h6,17H,2-5H2,1H3,(H4,12,13,14,15);2H,1H3. The Morgan fingerprint density at radius 3 is 2.59 bits per heavy atom. The van der Waals surface area contributed by atoms with E-state index in [0.717, 1.165) is 24.9 Å². The van der Waals surface area contributed by atoms with Crippen molar-refractivity contribution in [1.82, 2.24) is 14.5 Å². The molecule has 0 saturated carbocycles. The Hall–Kier alpha value is -1.75. The molecular weight excluding hydrogens is 310 g/mol. The fraction of sp³-hybridized carbons (Fsp3) is 0.583. The summed E-state index contributed by atoms with van der Waals surface area (Å²) in [6.07, 6.45) is 1.51. The number of nitrogen functional groups attached to an aromatic ring is 2. The Morgan fingerprint density at radius 2 is 2.00 bits per heavy atom. The summed E-state index contributed by atoms with van der Waals surface area (Å²) < 4.78 is 7.30. The zero-order valence-corrected chi connectivity index (χ0v) is 13.3. The van der Waals surface area contributed by atoms with Crippen LogP contribution in [0.3, 0.4) is 0 Å². The first-order valence-corrected chi connectivity index (χ1v) is 7.42. The molecule has 0 radical (unpaired) electrons. The number of rotatable bonds is 6. The molecule has 0 aliphatic carbocycles. The number of anilines is 2. The average molecular weight is 331 g/mol. The van der Waals surface area contributed by atoms with Crippen LogP contribution in [-0.4, -0.2) is 45.6 Å². The van der Waals surface area contributed by atoms with Gasteiger partial charge in [0.2, 0.25) is 5.95 Å². The number of unbranched alkanes of at least 4 members (excludes halogenated alkanes) is 1. The van der Waals surface area contributed by atoms with Gasteiger partial charge in [-0.3, -0.25) is 9.36 Å². The molecule has 124 valence electrons. The number of thiazole rings is 1. The number of nitrogens with two attached hydrogens (primary N) is 2. The maximum Gasteiger partial charge on any atom is 0.311 e. The number of hydrogen-bond donors (Lipinski definition) is 4. The molecule has 0 saturated heterocycles. The fourth-order valence-electron chi connectivity index (χ4n) is 1.99. The van der Waals surface area contributed by atoms with Gasteiger partial charge in [-0.2, -0.15) is 9.97 Å². The molecule has 6 N–H and O–H groups in total. The molecule has 2 aromatic heterocycles. The van der Waals surface area contributed by atoms with E-state index >= 15 is 0 Å². The van der Waals surface area contributed by atoms with Crippen LogP contribution in [0.5, 0.6) is 0 Å². The van der Waals surface area contributed by atoms with Crippen molar-refractivity contribution in [3.05, 3.63) is 9.67 Å². The molecule has 0 aliphatic rings. The van der Waals surface area contributed by atoms with E-state index in [1.54, 1.807) is 0 Å². The Bertz CT molecular complexity index is 657. The van der Waals surface area contributed by atoms with Crippen LogP contribution < -0.4 is 16.3 Å². The number of aliphatic hydroxyl groups is 2. The minimum atomic E-state index is -0.462. The second-order valence-corrected chi connectivity index (χ2v) is 5.23. The summed E-state index contributed by atoms with van der Waals surface area (Å²) in [6, 6.07) is 0. The van der Waals surface area contributed by atoms with Crippen LogP contribution in [0, 0.1) is 0 Å². The van der Waals surface area contributed by atoms with Crippen molar-refractivity contribution < 1.29 is 14.9 Å². The molecule has 1 atom stereocenters. The topological polar surface area (TPSA) is 150 Å². The molecule has 2 heterocycles. The third-order valence-corrected chi connectivity index (χ3v) is 3.89. The van der Waals surface area contributed by atoms with Crippen LogP contribution in [0.25, 0.3) is 10.3 Å². The maximum absolute atomic E-state index is 12.1. The highest BCUT2D eigenvalue weighted by Gasteiger charge is 2.20. The Kier molecular flexibility index (Phi) is 7.18. The molecule has 0 aromatic carbocycles. The van der Waals surface area contributed by atoms with E-state index in [0.29, 0.717) is 23.2 Å². The quantitative estimate of drug-likeness (QED) is 0.537. The number of nitrogens with zero attached hydrogens (tertiary/aromatic N) is 3. The summed E-state index contributed by atoms with van der Waals surface area (Å²) in [6.45, 7) is 0.109. The van der Waals surface area contributed by atoms with Crippen molar-refractivity contribution in [2.45, 2.75) is 25.5 Å². The van der Waals surface area contributed by atoms with Crippen molar-refractivity contribution in [1.29, 1.82) is 0 Å². The molecule has 2 aromatic rings. The second-order valence-electron chi connectivity index (χ2n) is 4.27. The molecular formula is C12H21N5O4S. The van der Waals surface area contributed by atoms with Gasteiger partial charge in [-0.05, 0) is 19.3 Å². The van der Waals surface area contributed by atoms with Crippen LogP contribution >= 0.6 is 11.3 Å². The molecule has 9 nitrogen and oxygen atoms in total. The second kappa shape index (κ2) is 8.63. The van der Waals surface area contributed by atoms with Crippen molar-refractivity contribution in [2.75, 3.05) is 32.3 Å². The van der Waals surface area contributed by atoms with Crippen molar-refractivity contribution >= 4 is 33.5 Å². The van der Waals surface area contributed by atoms with E-state index in [1.165, 1.54) is 11.7 Å². The van der Waals surface area contributed by atoms with E-state index < -0.39 is 6.23 Å². The number of aromatic nitrogens is 3. The first kappa shape index (κ1) is 18.3. The highest BCUT2D eigenvalue weighted by molar-refractivity contribution is 7.17. The summed E-state index contributed by atoms with van der Waals surface area (Å²) in [5.74, 6) is 0.213. The minimum Gasteiger partial charge on any atom is -0.400 e.